The lowest BCUT2D eigenvalue weighted by Gasteiger charge is -2.24. The van der Waals surface area contributed by atoms with Crippen LogP contribution in [0.1, 0.15) is 18.4 Å². The molecule has 0 aromatic heterocycles. The van der Waals surface area contributed by atoms with Crippen LogP contribution in [0.3, 0.4) is 0 Å². The highest BCUT2D eigenvalue weighted by Gasteiger charge is 2.35. The van der Waals surface area contributed by atoms with Crippen LogP contribution >= 0.6 is 0 Å². The van der Waals surface area contributed by atoms with Crippen molar-refractivity contribution in [1.82, 2.24) is 14.9 Å². The number of nitrogens with zero attached hydrogens (tertiary/aromatic N) is 1. The number of ether oxygens (including phenoxy) is 2. The normalized spacial score (nSPS) is 18.0. The van der Waals surface area contributed by atoms with Gasteiger partial charge in [-0.2, -0.15) is 4.31 Å². The van der Waals surface area contributed by atoms with E-state index in [1.807, 2.05) is 0 Å². The van der Waals surface area contributed by atoms with Gasteiger partial charge in [-0.1, -0.05) is 24.3 Å². The predicted octanol–water partition coefficient (Wildman–Crippen LogP) is 1.00. The lowest BCUT2D eigenvalue weighted by atomic mass is 10.2. The average Bonchev–Trinajstić information content (AvgIpc) is 3.45. The van der Waals surface area contributed by atoms with Crippen LogP contribution in [0.4, 0.5) is 0 Å². The molecule has 10 heteroatoms. The van der Waals surface area contributed by atoms with Gasteiger partial charge in [0.25, 0.3) is 0 Å². The minimum Gasteiger partial charge on any atom is -0.454 e. The minimum atomic E-state index is -3.65. The van der Waals surface area contributed by atoms with Crippen LogP contribution in [0.25, 0.3) is 0 Å². The summed E-state index contributed by atoms with van der Waals surface area (Å²) in [7, 11) is -3.65. The molecule has 0 spiro atoms. The molecule has 4 rings (SSSR count). The Morgan fingerprint density at radius 1 is 1.00 bits per heavy atom. The van der Waals surface area contributed by atoms with Crippen molar-refractivity contribution < 1.29 is 27.5 Å². The van der Waals surface area contributed by atoms with E-state index in [0.29, 0.717) is 30.9 Å². The number of rotatable bonds is 6. The Kier molecular flexibility index (Phi) is 6.10. The highest BCUT2D eigenvalue weighted by molar-refractivity contribution is 7.89. The first kappa shape index (κ1) is 21.1. The summed E-state index contributed by atoms with van der Waals surface area (Å²) in [6, 6.07) is 13.1. The molecule has 2 aromatic rings. The van der Waals surface area contributed by atoms with Crippen molar-refractivity contribution >= 4 is 21.8 Å². The summed E-state index contributed by atoms with van der Waals surface area (Å²) < 4.78 is 37.7. The summed E-state index contributed by atoms with van der Waals surface area (Å²) in [6.45, 7) is 0.767. The van der Waals surface area contributed by atoms with Crippen molar-refractivity contribution in [2.75, 3.05) is 19.9 Å². The maximum absolute atomic E-state index is 12.9. The molecule has 0 aliphatic carbocycles. The van der Waals surface area contributed by atoms with Gasteiger partial charge in [0, 0.05) is 25.7 Å². The van der Waals surface area contributed by atoms with Crippen molar-refractivity contribution in [2.24, 2.45) is 0 Å². The second-order valence-corrected chi connectivity index (χ2v) is 9.20. The van der Waals surface area contributed by atoms with Crippen LogP contribution < -0.4 is 20.1 Å². The van der Waals surface area contributed by atoms with Crippen molar-refractivity contribution in [1.29, 1.82) is 0 Å². The number of nitrogens with one attached hydrogen (secondary N) is 2. The van der Waals surface area contributed by atoms with Gasteiger partial charge in [-0.3, -0.25) is 9.59 Å². The van der Waals surface area contributed by atoms with E-state index in [0.717, 1.165) is 5.56 Å². The third kappa shape index (κ3) is 4.64. The first-order valence-corrected chi connectivity index (χ1v) is 11.4. The zero-order valence-corrected chi connectivity index (χ0v) is 17.6. The molecule has 2 aliphatic heterocycles. The Morgan fingerprint density at radius 2 is 1.74 bits per heavy atom. The Bertz CT molecular complexity index is 1070. The van der Waals surface area contributed by atoms with Gasteiger partial charge >= 0.3 is 11.8 Å². The standard InChI is InChI=1S/C21H23N3O6S/c25-20(22-12-15-8-9-18-19(11-15)30-14-29-18)21(26)23-13-16-5-4-10-24(16)31(27,28)17-6-2-1-3-7-17/h1-3,6-9,11,16H,4-5,10,12-14H2,(H,22,25)(H,23,26)/t16-/m1/s1. The first-order chi connectivity index (χ1) is 14.9. The summed E-state index contributed by atoms with van der Waals surface area (Å²) in [5.41, 5.74) is 0.765. The summed E-state index contributed by atoms with van der Waals surface area (Å²) in [6.07, 6.45) is 1.31. The van der Waals surface area contributed by atoms with Gasteiger partial charge in [0.05, 0.1) is 4.90 Å². The van der Waals surface area contributed by atoms with E-state index in [1.54, 1.807) is 48.5 Å². The molecule has 0 bridgehead atoms. The van der Waals surface area contributed by atoms with Gasteiger partial charge in [0.1, 0.15) is 0 Å². The number of fused-ring (bicyclic) bond motifs is 1. The summed E-state index contributed by atoms with van der Waals surface area (Å²) in [4.78, 5) is 24.6. The molecule has 2 aromatic carbocycles. The quantitative estimate of drug-likeness (QED) is 0.642. The second-order valence-electron chi connectivity index (χ2n) is 7.31. The zero-order valence-electron chi connectivity index (χ0n) is 16.7. The highest BCUT2D eigenvalue weighted by atomic mass is 32.2. The van der Waals surface area contributed by atoms with E-state index in [1.165, 1.54) is 4.31 Å². The molecule has 2 N–H and O–H groups in total. The SMILES string of the molecule is O=C(NCc1ccc2c(c1)OCO2)C(=O)NC[C@H]1CCCN1S(=O)(=O)c1ccccc1. The molecule has 0 saturated carbocycles. The van der Waals surface area contributed by atoms with E-state index in [-0.39, 0.29) is 24.8 Å². The Hall–Kier alpha value is -3.11. The van der Waals surface area contributed by atoms with Crippen molar-refractivity contribution in [3.8, 4) is 11.5 Å². The van der Waals surface area contributed by atoms with Crippen molar-refractivity contribution in [2.45, 2.75) is 30.3 Å². The molecular weight excluding hydrogens is 422 g/mol. The number of carbonyl (C=O) groups excluding carboxylic acids is 2. The van der Waals surface area contributed by atoms with Crippen molar-refractivity contribution in [3.63, 3.8) is 0 Å². The number of carbonyl (C=O) groups is 2. The molecule has 1 fully saturated rings. The van der Waals surface area contributed by atoms with Gasteiger partial charge in [0.2, 0.25) is 16.8 Å². The first-order valence-electron chi connectivity index (χ1n) is 9.96. The summed E-state index contributed by atoms with van der Waals surface area (Å²) in [5.74, 6) is -0.352. The van der Waals surface area contributed by atoms with Gasteiger partial charge in [-0.05, 0) is 42.7 Å². The molecule has 1 atom stereocenters. The maximum Gasteiger partial charge on any atom is 0.309 e. The van der Waals surface area contributed by atoms with E-state index in [9.17, 15) is 18.0 Å². The lowest BCUT2D eigenvalue weighted by molar-refractivity contribution is -0.139. The van der Waals surface area contributed by atoms with Crippen LogP contribution in [0.15, 0.2) is 53.4 Å². The van der Waals surface area contributed by atoms with Crippen LogP contribution in [-0.2, 0) is 26.2 Å². The molecule has 2 heterocycles. The third-order valence-corrected chi connectivity index (χ3v) is 7.23. The van der Waals surface area contributed by atoms with Gasteiger partial charge in [0.15, 0.2) is 11.5 Å². The monoisotopic (exact) mass is 445 g/mol. The van der Waals surface area contributed by atoms with Gasteiger partial charge in [-0.15, -0.1) is 0 Å². The predicted molar refractivity (Wildman–Crippen MR) is 111 cm³/mol. The van der Waals surface area contributed by atoms with E-state index in [4.69, 9.17) is 9.47 Å². The Balaban J connectivity index is 1.30. The number of hydrogen-bond acceptors (Lipinski definition) is 6. The summed E-state index contributed by atoms with van der Waals surface area (Å²) >= 11 is 0. The lowest BCUT2D eigenvalue weighted by Crippen LogP contribution is -2.46. The summed E-state index contributed by atoms with van der Waals surface area (Å²) in [5, 5.41) is 5.11. The van der Waals surface area contributed by atoms with E-state index in [2.05, 4.69) is 10.6 Å². The molecule has 0 unspecified atom stereocenters. The Morgan fingerprint density at radius 3 is 2.55 bits per heavy atom. The van der Waals surface area contributed by atoms with Crippen LogP contribution in [0.2, 0.25) is 0 Å². The maximum atomic E-state index is 12.9. The number of benzene rings is 2. The van der Waals surface area contributed by atoms with Crippen LogP contribution in [0, 0.1) is 0 Å². The largest absolute Gasteiger partial charge is 0.454 e. The van der Waals surface area contributed by atoms with E-state index < -0.39 is 27.9 Å². The van der Waals surface area contributed by atoms with E-state index >= 15 is 0 Å². The van der Waals surface area contributed by atoms with Gasteiger partial charge < -0.3 is 20.1 Å². The zero-order chi connectivity index (χ0) is 21.8. The molecular formula is C21H23N3O6S. The topological polar surface area (TPSA) is 114 Å². The fraction of sp³-hybridized carbons (Fsp3) is 0.333. The molecule has 2 aliphatic rings. The van der Waals surface area contributed by atoms with Crippen molar-refractivity contribution in [3.05, 3.63) is 54.1 Å². The highest BCUT2D eigenvalue weighted by Crippen LogP contribution is 2.32. The van der Waals surface area contributed by atoms with Crippen LogP contribution in [0.5, 0.6) is 11.5 Å². The second kappa shape index (κ2) is 8.94. The van der Waals surface area contributed by atoms with Crippen LogP contribution in [-0.4, -0.2) is 50.5 Å². The average molecular weight is 445 g/mol. The molecule has 2 amide bonds. The molecule has 31 heavy (non-hydrogen) atoms. The fourth-order valence-electron chi connectivity index (χ4n) is 3.66. The minimum absolute atomic E-state index is 0.0718. The number of sulfonamides is 1. The number of amides is 2. The molecule has 9 nitrogen and oxygen atoms in total. The molecule has 164 valence electrons. The Labute approximate surface area is 180 Å². The van der Waals surface area contributed by atoms with Gasteiger partial charge in [-0.25, -0.2) is 8.42 Å². The smallest absolute Gasteiger partial charge is 0.309 e. The third-order valence-electron chi connectivity index (χ3n) is 5.27. The molecule has 1 saturated heterocycles. The fourth-order valence-corrected chi connectivity index (χ4v) is 5.38. The number of hydrogen-bond donors (Lipinski definition) is 2. The molecule has 0 radical (unpaired) electrons.